The second-order valence-corrected chi connectivity index (χ2v) is 11.2. The van der Waals surface area contributed by atoms with Gasteiger partial charge in [0, 0.05) is 30.4 Å². The van der Waals surface area contributed by atoms with Crippen molar-refractivity contribution in [3.05, 3.63) is 59.2 Å². The number of nitrogens with one attached hydrogen (secondary N) is 1. The molecule has 174 valence electrons. The van der Waals surface area contributed by atoms with Crippen LogP contribution in [0.25, 0.3) is 0 Å². The van der Waals surface area contributed by atoms with Gasteiger partial charge in [0.15, 0.2) is 5.17 Å². The number of aliphatic imine (C=N–C) groups is 1. The van der Waals surface area contributed by atoms with Gasteiger partial charge in [-0.25, -0.2) is 13.4 Å². The zero-order chi connectivity index (χ0) is 23.8. The number of amides is 2. The molecule has 2 heterocycles. The minimum absolute atomic E-state index is 0.00424. The predicted molar refractivity (Wildman–Crippen MR) is 129 cm³/mol. The predicted octanol–water partition coefficient (Wildman–Crippen LogP) is 2.69. The molecule has 1 unspecified atom stereocenters. The van der Waals surface area contributed by atoms with Gasteiger partial charge < -0.3 is 5.32 Å². The van der Waals surface area contributed by atoms with Crippen LogP contribution in [0, 0.1) is 13.8 Å². The van der Waals surface area contributed by atoms with Gasteiger partial charge in [-0.2, -0.15) is 4.31 Å². The molecule has 2 aromatic carbocycles. The summed E-state index contributed by atoms with van der Waals surface area (Å²) in [4.78, 5) is 31.5. The Kier molecular flexibility index (Phi) is 6.60. The molecule has 2 saturated heterocycles. The Hall–Kier alpha value is -2.69. The number of piperazine rings is 1. The van der Waals surface area contributed by atoms with E-state index in [0.717, 1.165) is 21.1 Å². The molecule has 0 aromatic heterocycles. The maximum Gasteiger partial charge on any atom is 0.260 e. The Morgan fingerprint density at radius 2 is 1.97 bits per heavy atom. The summed E-state index contributed by atoms with van der Waals surface area (Å²) in [6.07, 6.45) is 0. The summed E-state index contributed by atoms with van der Waals surface area (Å²) in [6, 6.07) is 11.9. The maximum absolute atomic E-state index is 13.5. The summed E-state index contributed by atoms with van der Waals surface area (Å²) in [6.45, 7) is 6.17. The van der Waals surface area contributed by atoms with Crippen LogP contribution in [0.15, 0.2) is 52.4 Å². The van der Waals surface area contributed by atoms with E-state index < -0.39 is 10.0 Å². The molecule has 33 heavy (non-hydrogen) atoms. The first-order valence-corrected chi connectivity index (χ1v) is 13.1. The van der Waals surface area contributed by atoms with Gasteiger partial charge >= 0.3 is 0 Å². The highest BCUT2D eigenvalue weighted by atomic mass is 32.2. The van der Waals surface area contributed by atoms with Gasteiger partial charge in [-0.05, 0) is 50.6 Å². The number of hydrogen-bond acceptors (Lipinski definition) is 6. The molecule has 2 fully saturated rings. The lowest BCUT2D eigenvalue weighted by Crippen LogP contribution is -2.49. The van der Waals surface area contributed by atoms with E-state index in [9.17, 15) is 18.0 Å². The average Bonchev–Trinajstić information content (AvgIpc) is 3.15. The SMILES string of the molecule is Cc1ccc(N=C2SCC(C)N2C(=O)c2cccc(S(=O)(=O)N3CCNC(=O)C3)c2)c(C)c1. The lowest BCUT2D eigenvalue weighted by Gasteiger charge is -2.26. The molecule has 0 aliphatic carbocycles. The number of amidine groups is 1. The zero-order valence-electron chi connectivity index (χ0n) is 18.7. The maximum atomic E-state index is 13.5. The Morgan fingerprint density at radius 3 is 2.70 bits per heavy atom. The fourth-order valence-electron chi connectivity index (χ4n) is 3.83. The smallest absolute Gasteiger partial charge is 0.260 e. The second-order valence-electron chi connectivity index (χ2n) is 8.24. The summed E-state index contributed by atoms with van der Waals surface area (Å²) < 4.78 is 27.2. The Morgan fingerprint density at radius 1 is 1.18 bits per heavy atom. The number of thioether (sulfide) groups is 1. The van der Waals surface area contributed by atoms with E-state index in [1.165, 1.54) is 23.9 Å². The summed E-state index contributed by atoms with van der Waals surface area (Å²) in [5.74, 6) is 0.0628. The van der Waals surface area contributed by atoms with E-state index in [-0.39, 0.29) is 47.9 Å². The fraction of sp³-hybridized carbons (Fsp3) is 0.348. The van der Waals surface area contributed by atoms with Crippen molar-refractivity contribution in [2.75, 3.05) is 25.4 Å². The van der Waals surface area contributed by atoms with E-state index in [2.05, 4.69) is 5.32 Å². The van der Waals surface area contributed by atoms with Gasteiger partial charge in [0.2, 0.25) is 15.9 Å². The van der Waals surface area contributed by atoms with Crippen LogP contribution in [0.1, 0.15) is 28.4 Å². The molecular weight excluding hydrogens is 460 g/mol. The molecule has 0 spiro atoms. The molecule has 2 aliphatic rings. The number of aryl methyl sites for hydroxylation is 2. The van der Waals surface area contributed by atoms with Gasteiger partial charge in [0.25, 0.3) is 5.91 Å². The first-order valence-electron chi connectivity index (χ1n) is 10.7. The molecular formula is C23H26N4O4S2. The normalized spacial score (nSPS) is 20.8. The summed E-state index contributed by atoms with van der Waals surface area (Å²) in [5, 5.41) is 3.22. The standard InChI is InChI=1S/C23H26N4O4S2/c1-15-7-8-20(16(2)11-15)25-23-27(17(3)14-32-23)22(29)18-5-4-6-19(12-18)33(30,31)26-10-9-24-21(28)13-26/h4-8,11-12,17H,9-10,13-14H2,1-3H3,(H,24,28). The van der Waals surface area contributed by atoms with E-state index in [1.807, 2.05) is 39.0 Å². The molecule has 0 saturated carbocycles. The highest BCUT2D eigenvalue weighted by Crippen LogP contribution is 2.30. The monoisotopic (exact) mass is 486 g/mol. The lowest BCUT2D eigenvalue weighted by molar-refractivity contribution is -0.122. The number of carbonyl (C=O) groups is 2. The molecule has 8 nitrogen and oxygen atoms in total. The van der Waals surface area contributed by atoms with Crippen LogP contribution >= 0.6 is 11.8 Å². The number of carbonyl (C=O) groups excluding carboxylic acids is 2. The van der Waals surface area contributed by atoms with Gasteiger partial charge in [-0.15, -0.1) is 0 Å². The Balaban J connectivity index is 1.64. The van der Waals surface area contributed by atoms with Gasteiger partial charge in [0.05, 0.1) is 17.1 Å². The number of nitrogens with zero attached hydrogens (tertiary/aromatic N) is 3. The summed E-state index contributed by atoms with van der Waals surface area (Å²) in [7, 11) is -3.89. The summed E-state index contributed by atoms with van der Waals surface area (Å²) in [5.41, 5.74) is 3.23. The number of hydrogen-bond donors (Lipinski definition) is 1. The van der Waals surface area contributed by atoms with Crippen molar-refractivity contribution in [1.82, 2.24) is 14.5 Å². The summed E-state index contributed by atoms with van der Waals surface area (Å²) >= 11 is 1.51. The highest BCUT2D eigenvalue weighted by Gasteiger charge is 2.34. The van der Waals surface area contributed by atoms with Crippen LogP contribution in [-0.4, -0.2) is 66.0 Å². The van der Waals surface area contributed by atoms with Crippen LogP contribution in [0.3, 0.4) is 0 Å². The van der Waals surface area contributed by atoms with Crippen molar-refractivity contribution in [2.45, 2.75) is 31.7 Å². The molecule has 2 aliphatic heterocycles. The molecule has 4 rings (SSSR count). The van der Waals surface area contributed by atoms with Crippen LogP contribution in [0.2, 0.25) is 0 Å². The molecule has 2 aromatic rings. The van der Waals surface area contributed by atoms with E-state index in [0.29, 0.717) is 10.9 Å². The van der Waals surface area contributed by atoms with Gasteiger partial charge in [-0.3, -0.25) is 14.5 Å². The number of rotatable bonds is 4. The fourth-order valence-corrected chi connectivity index (χ4v) is 6.38. The van der Waals surface area contributed by atoms with Crippen molar-refractivity contribution >= 4 is 44.5 Å². The molecule has 0 radical (unpaired) electrons. The van der Waals surface area contributed by atoms with Crippen molar-refractivity contribution in [3.8, 4) is 0 Å². The van der Waals surface area contributed by atoms with Crippen LogP contribution in [0.5, 0.6) is 0 Å². The Bertz CT molecular complexity index is 1240. The van der Waals surface area contributed by atoms with Crippen molar-refractivity contribution in [2.24, 2.45) is 4.99 Å². The van der Waals surface area contributed by atoms with Gasteiger partial charge in [0.1, 0.15) is 0 Å². The molecule has 10 heteroatoms. The largest absolute Gasteiger partial charge is 0.354 e. The third-order valence-electron chi connectivity index (χ3n) is 5.61. The molecule has 1 N–H and O–H groups in total. The minimum Gasteiger partial charge on any atom is -0.354 e. The quantitative estimate of drug-likeness (QED) is 0.716. The van der Waals surface area contributed by atoms with E-state index >= 15 is 0 Å². The first kappa shape index (κ1) is 23.5. The highest BCUT2D eigenvalue weighted by molar-refractivity contribution is 8.14. The van der Waals surface area contributed by atoms with Crippen molar-refractivity contribution in [3.63, 3.8) is 0 Å². The molecule has 1 atom stereocenters. The van der Waals surface area contributed by atoms with Crippen molar-refractivity contribution in [1.29, 1.82) is 0 Å². The topological polar surface area (TPSA) is 99.2 Å². The third kappa shape index (κ3) is 4.83. The zero-order valence-corrected chi connectivity index (χ0v) is 20.4. The third-order valence-corrected chi connectivity index (χ3v) is 8.65. The minimum atomic E-state index is -3.89. The van der Waals surface area contributed by atoms with Crippen LogP contribution in [-0.2, 0) is 14.8 Å². The molecule has 2 amide bonds. The number of sulfonamides is 1. The average molecular weight is 487 g/mol. The van der Waals surface area contributed by atoms with Crippen LogP contribution < -0.4 is 5.32 Å². The number of benzene rings is 2. The molecule has 0 bridgehead atoms. The first-order chi connectivity index (χ1) is 15.7. The second kappa shape index (κ2) is 9.28. The lowest BCUT2D eigenvalue weighted by atomic mass is 10.1. The van der Waals surface area contributed by atoms with E-state index in [1.54, 1.807) is 17.0 Å². The van der Waals surface area contributed by atoms with Crippen LogP contribution in [0.4, 0.5) is 5.69 Å². The van der Waals surface area contributed by atoms with Crippen molar-refractivity contribution < 1.29 is 18.0 Å². The Labute approximate surface area is 198 Å². The van der Waals surface area contributed by atoms with E-state index in [4.69, 9.17) is 4.99 Å². The van der Waals surface area contributed by atoms with Gasteiger partial charge in [-0.1, -0.05) is 35.5 Å².